The number of hydrogen-bond acceptors (Lipinski definition) is 1. The second-order valence-corrected chi connectivity index (χ2v) is 3.35. The predicted octanol–water partition coefficient (Wildman–Crippen LogP) is 3.19. The van der Waals surface area contributed by atoms with Crippen molar-refractivity contribution in [3.63, 3.8) is 0 Å². The Bertz CT molecular complexity index is 344. The van der Waals surface area contributed by atoms with Gasteiger partial charge in [0.25, 0.3) is 0 Å². The summed E-state index contributed by atoms with van der Waals surface area (Å²) in [6.45, 7) is 0. The van der Waals surface area contributed by atoms with Crippen LogP contribution in [0.15, 0.2) is 23.4 Å². The zero-order valence-electron chi connectivity index (χ0n) is 6.20. The summed E-state index contributed by atoms with van der Waals surface area (Å²) in [5.74, 6) is 0. The highest BCUT2D eigenvalue weighted by molar-refractivity contribution is 6.35. The molecule has 61 valence electrons. The maximum atomic E-state index is 5.95. The zero-order chi connectivity index (χ0) is 8.55. The average Bonchev–Trinajstić information content (AvgIpc) is 2.07. The molecule has 0 atom stereocenters. The van der Waals surface area contributed by atoms with Crippen molar-refractivity contribution in [2.24, 2.45) is 0 Å². The minimum absolute atomic E-state index is 0.524. The Morgan fingerprint density at radius 2 is 2.17 bits per heavy atom. The van der Waals surface area contributed by atoms with Gasteiger partial charge in [0.2, 0.25) is 0 Å². The number of hydrogen-bond donors (Lipinski definition) is 1. The third kappa shape index (κ3) is 1.30. The summed E-state index contributed by atoms with van der Waals surface area (Å²) in [5.41, 5.74) is 2.04. The molecule has 3 heteroatoms. The van der Waals surface area contributed by atoms with Gasteiger partial charge in [-0.1, -0.05) is 35.3 Å². The van der Waals surface area contributed by atoms with Crippen molar-refractivity contribution in [1.29, 1.82) is 0 Å². The molecule has 0 fully saturated rings. The number of halogens is 2. The number of allylic oxidation sites excluding steroid dienone is 1. The molecule has 0 saturated heterocycles. The first kappa shape index (κ1) is 7.96. The summed E-state index contributed by atoms with van der Waals surface area (Å²) in [5, 5.41) is 4.19. The van der Waals surface area contributed by atoms with Crippen LogP contribution in [0.1, 0.15) is 5.56 Å². The van der Waals surface area contributed by atoms with Gasteiger partial charge in [-0.3, -0.25) is 0 Å². The van der Waals surface area contributed by atoms with Crippen molar-refractivity contribution in [2.75, 3.05) is 5.32 Å². The summed E-state index contributed by atoms with van der Waals surface area (Å²) in [4.78, 5) is 0. The molecular formula is C9H6Cl2N. The van der Waals surface area contributed by atoms with E-state index in [1.807, 2.05) is 18.2 Å². The van der Waals surface area contributed by atoms with Gasteiger partial charge in [-0.25, -0.2) is 0 Å². The molecule has 0 bridgehead atoms. The van der Waals surface area contributed by atoms with E-state index in [0.717, 1.165) is 17.7 Å². The molecule has 12 heavy (non-hydrogen) atoms. The van der Waals surface area contributed by atoms with Crippen LogP contribution in [0.4, 0.5) is 5.69 Å². The van der Waals surface area contributed by atoms with E-state index in [2.05, 4.69) is 11.4 Å². The Kier molecular flexibility index (Phi) is 1.99. The summed E-state index contributed by atoms with van der Waals surface area (Å²) >= 11 is 11.7. The highest BCUT2D eigenvalue weighted by Crippen LogP contribution is 2.31. The topological polar surface area (TPSA) is 12.0 Å². The molecule has 1 radical (unpaired) electrons. The summed E-state index contributed by atoms with van der Waals surface area (Å²) in [6, 6.07) is 5.76. The molecule has 0 unspecified atom stereocenters. The van der Waals surface area contributed by atoms with E-state index in [9.17, 15) is 0 Å². The SMILES string of the molecule is ClC1=[C]Cc2cccc(Cl)c2N1. The lowest BCUT2D eigenvalue weighted by Crippen LogP contribution is -2.04. The lowest BCUT2D eigenvalue weighted by molar-refractivity contribution is 1.18. The van der Waals surface area contributed by atoms with Crippen molar-refractivity contribution < 1.29 is 0 Å². The second-order valence-electron chi connectivity index (χ2n) is 2.57. The first-order valence-electron chi connectivity index (χ1n) is 3.58. The van der Waals surface area contributed by atoms with Crippen LogP contribution in [0, 0.1) is 6.08 Å². The van der Waals surface area contributed by atoms with Crippen LogP contribution < -0.4 is 5.32 Å². The number of fused-ring (bicyclic) bond motifs is 1. The Morgan fingerprint density at radius 3 is 3.00 bits per heavy atom. The normalized spacial score (nSPS) is 14.7. The maximum absolute atomic E-state index is 5.95. The van der Waals surface area contributed by atoms with Gasteiger partial charge in [0.05, 0.1) is 10.7 Å². The molecule has 1 nitrogen and oxygen atoms in total. The van der Waals surface area contributed by atoms with Gasteiger partial charge in [0, 0.05) is 6.42 Å². The van der Waals surface area contributed by atoms with Crippen molar-refractivity contribution in [3.8, 4) is 0 Å². The van der Waals surface area contributed by atoms with Gasteiger partial charge in [0.1, 0.15) is 5.16 Å². The molecule has 1 aromatic carbocycles. The molecule has 0 aliphatic carbocycles. The fourth-order valence-electron chi connectivity index (χ4n) is 1.18. The second kappa shape index (κ2) is 3.00. The molecular weight excluding hydrogens is 193 g/mol. The third-order valence-electron chi connectivity index (χ3n) is 1.77. The monoisotopic (exact) mass is 198 g/mol. The summed E-state index contributed by atoms with van der Waals surface area (Å²) in [7, 11) is 0. The van der Waals surface area contributed by atoms with Gasteiger partial charge in [0.15, 0.2) is 0 Å². The van der Waals surface area contributed by atoms with E-state index in [-0.39, 0.29) is 0 Å². The molecule has 1 N–H and O–H groups in total. The standard InChI is InChI=1S/C9H6Cl2N/c10-7-3-1-2-6-4-5-8(11)12-9(6)7/h1-3,12H,4H2. The predicted molar refractivity (Wildman–Crippen MR) is 51.4 cm³/mol. The Balaban J connectivity index is 2.49. The number of rotatable bonds is 0. The van der Waals surface area contributed by atoms with Crippen LogP contribution in [0.25, 0.3) is 0 Å². The van der Waals surface area contributed by atoms with Crippen LogP contribution in [-0.4, -0.2) is 0 Å². The molecule has 0 spiro atoms. The smallest absolute Gasteiger partial charge is 0.110 e. The third-order valence-corrected chi connectivity index (χ3v) is 2.31. The van der Waals surface area contributed by atoms with E-state index in [0.29, 0.717) is 10.2 Å². The van der Waals surface area contributed by atoms with Crippen LogP contribution in [0.3, 0.4) is 0 Å². The lowest BCUT2D eigenvalue weighted by Gasteiger charge is -2.15. The van der Waals surface area contributed by atoms with E-state index < -0.39 is 0 Å². The van der Waals surface area contributed by atoms with Crippen LogP contribution >= 0.6 is 23.2 Å². The molecule has 1 heterocycles. The van der Waals surface area contributed by atoms with Crippen LogP contribution in [-0.2, 0) is 6.42 Å². The number of benzene rings is 1. The molecule has 1 aliphatic heterocycles. The quantitative estimate of drug-likeness (QED) is 0.632. The largest absolute Gasteiger partial charge is 0.344 e. The van der Waals surface area contributed by atoms with Crippen LogP contribution in [0.5, 0.6) is 0 Å². The van der Waals surface area contributed by atoms with Gasteiger partial charge in [-0.2, -0.15) is 0 Å². The van der Waals surface area contributed by atoms with Gasteiger partial charge >= 0.3 is 0 Å². The Hall–Kier alpha value is -0.660. The van der Waals surface area contributed by atoms with Gasteiger partial charge in [-0.15, -0.1) is 0 Å². The van der Waals surface area contributed by atoms with Gasteiger partial charge < -0.3 is 5.32 Å². The number of para-hydroxylation sites is 1. The molecule has 0 aromatic heterocycles. The zero-order valence-corrected chi connectivity index (χ0v) is 7.71. The first-order chi connectivity index (χ1) is 5.77. The lowest BCUT2D eigenvalue weighted by atomic mass is 10.1. The maximum Gasteiger partial charge on any atom is 0.110 e. The minimum atomic E-state index is 0.524. The highest BCUT2D eigenvalue weighted by atomic mass is 35.5. The van der Waals surface area contributed by atoms with Crippen molar-refractivity contribution >= 4 is 28.9 Å². The average molecular weight is 199 g/mol. The highest BCUT2D eigenvalue weighted by Gasteiger charge is 2.11. The fourth-order valence-corrected chi connectivity index (χ4v) is 1.59. The number of anilines is 1. The van der Waals surface area contributed by atoms with E-state index >= 15 is 0 Å². The molecule has 2 rings (SSSR count). The molecule has 1 aliphatic rings. The molecule has 1 aromatic rings. The number of nitrogens with one attached hydrogen (secondary N) is 1. The van der Waals surface area contributed by atoms with Gasteiger partial charge in [-0.05, 0) is 17.7 Å². The van der Waals surface area contributed by atoms with E-state index in [1.165, 1.54) is 0 Å². The van der Waals surface area contributed by atoms with E-state index in [1.54, 1.807) is 0 Å². The summed E-state index contributed by atoms with van der Waals surface area (Å²) in [6.07, 6.45) is 3.70. The molecule has 0 amide bonds. The molecule has 0 saturated carbocycles. The van der Waals surface area contributed by atoms with Crippen molar-refractivity contribution in [3.05, 3.63) is 40.0 Å². The summed E-state index contributed by atoms with van der Waals surface area (Å²) < 4.78 is 0. The van der Waals surface area contributed by atoms with Crippen molar-refractivity contribution in [1.82, 2.24) is 0 Å². The van der Waals surface area contributed by atoms with Crippen LogP contribution in [0.2, 0.25) is 5.02 Å². The Labute approximate surface area is 81.0 Å². The first-order valence-corrected chi connectivity index (χ1v) is 4.34. The fraction of sp³-hybridized carbons (Fsp3) is 0.111. The van der Waals surface area contributed by atoms with E-state index in [4.69, 9.17) is 23.2 Å². The minimum Gasteiger partial charge on any atom is -0.344 e. The van der Waals surface area contributed by atoms with Crippen molar-refractivity contribution in [2.45, 2.75) is 6.42 Å². The Morgan fingerprint density at radius 1 is 1.33 bits per heavy atom.